The molecule has 0 aromatic heterocycles. The van der Waals surface area contributed by atoms with Crippen LogP contribution in [-0.4, -0.2) is 105 Å². The van der Waals surface area contributed by atoms with E-state index >= 15 is 0 Å². The second-order valence-electron chi connectivity index (χ2n) is 7.40. The summed E-state index contributed by atoms with van der Waals surface area (Å²) in [5.41, 5.74) is 5.02. The summed E-state index contributed by atoms with van der Waals surface area (Å²) in [4.78, 5) is 66.1. The summed E-state index contributed by atoms with van der Waals surface area (Å²) >= 11 is 1.45. The molecule has 6 amide bonds. The zero-order valence-electron chi connectivity index (χ0n) is 22.9. The van der Waals surface area contributed by atoms with Crippen molar-refractivity contribution in [3.05, 3.63) is 0 Å². The first kappa shape index (κ1) is 37.1. The number of alkyl carbamates (subject to hydrolysis) is 2. The maximum atomic E-state index is 11.3. The molecule has 220 valence electrons. The second-order valence-corrected chi connectivity index (χ2v) is 8.44. The SMILES string of the molecule is CCN1C(=O)CC(SC)C1=O.CCNC(=O)OCC(COC(=O)NCC)OCCCC(N)=O.CCNC=O. The standard InChI is InChI=1S/C13H25N3O6.C7H11NO2S.C3H7NO/c1-3-15-12(18)21-8-10(9-22-13(19)16-4-2)20-7-5-6-11(14)17;1-3-8-6(9)4-5(11-2)7(8)10;1-2-4-3-5/h10H,3-9H2,1-2H3,(H2,14,17)(H,15,18)(H,16,19);5H,3-4H2,1-2H3;3H,2H2,1H3,(H,4,5). The first-order valence-corrected chi connectivity index (χ1v) is 13.6. The Hall–Kier alpha value is -3.07. The van der Waals surface area contributed by atoms with Gasteiger partial charge >= 0.3 is 12.2 Å². The molecule has 0 bridgehead atoms. The smallest absolute Gasteiger partial charge is 0.407 e. The van der Waals surface area contributed by atoms with Crippen molar-refractivity contribution in [1.82, 2.24) is 20.9 Å². The third-order valence-electron chi connectivity index (χ3n) is 4.45. The number of primary amides is 1. The van der Waals surface area contributed by atoms with Gasteiger partial charge in [-0.25, -0.2) is 9.59 Å². The van der Waals surface area contributed by atoms with Crippen LogP contribution < -0.4 is 21.7 Å². The van der Waals surface area contributed by atoms with E-state index in [1.165, 1.54) is 16.7 Å². The Kier molecular flexibility index (Phi) is 23.7. The number of likely N-dealkylation sites (tertiary alicyclic amines) is 1. The van der Waals surface area contributed by atoms with Crippen LogP contribution in [0, 0.1) is 0 Å². The first-order chi connectivity index (χ1) is 18.1. The van der Waals surface area contributed by atoms with E-state index < -0.39 is 24.2 Å². The van der Waals surface area contributed by atoms with Gasteiger partial charge in [0.05, 0.1) is 5.25 Å². The first-order valence-electron chi connectivity index (χ1n) is 12.4. The molecular formula is C23H43N5O9S. The van der Waals surface area contributed by atoms with Gasteiger partial charge in [0.1, 0.15) is 19.3 Å². The lowest BCUT2D eigenvalue weighted by Crippen LogP contribution is -2.34. The van der Waals surface area contributed by atoms with Crippen LogP contribution in [0.15, 0.2) is 0 Å². The summed E-state index contributed by atoms with van der Waals surface area (Å²) in [5, 5.41) is 7.25. The topological polar surface area (TPSA) is 195 Å². The van der Waals surface area contributed by atoms with Crippen LogP contribution in [0.2, 0.25) is 0 Å². The minimum atomic E-state index is -0.613. The van der Waals surface area contributed by atoms with Crippen molar-refractivity contribution in [3.63, 3.8) is 0 Å². The lowest BCUT2D eigenvalue weighted by molar-refractivity contribution is -0.138. The summed E-state index contributed by atoms with van der Waals surface area (Å²) in [6, 6.07) is 0. The van der Waals surface area contributed by atoms with Crippen LogP contribution in [-0.2, 0) is 33.4 Å². The molecule has 1 rings (SSSR count). The number of hydrogen-bond acceptors (Lipinski definition) is 10. The van der Waals surface area contributed by atoms with Crippen molar-refractivity contribution in [2.24, 2.45) is 5.73 Å². The summed E-state index contributed by atoms with van der Waals surface area (Å²) in [7, 11) is 0. The lowest BCUT2D eigenvalue weighted by atomic mass is 10.3. The molecule has 0 spiro atoms. The van der Waals surface area contributed by atoms with Crippen molar-refractivity contribution in [3.8, 4) is 0 Å². The molecule has 0 aromatic carbocycles. The van der Waals surface area contributed by atoms with E-state index in [9.17, 15) is 28.8 Å². The number of carbonyl (C=O) groups is 6. The van der Waals surface area contributed by atoms with Crippen molar-refractivity contribution in [2.75, 3.05) is 52.3 Å². The maximum Gasteiger partial charge on any atom is 0.407 e. The third kappa shape index (κ3) is 19.1. The fraction of sp³-hybridized carbons (Fsp3) is 0.739. The van der Waals surface area contributed by atoms with Crippen LogP contribution in [0.1, 0.15) is 47.0 Å². The average Bonchev–Trinajstić information content (AvgIpc) is 3.16. The van der Waals surface area contributed by atoms with E-state index in [0.717, 1.165) is 6.54 Å². The quantitative estimate of drug-likeness (QED) is 0.122. The monoisotopic (exact) mass is 565 g/mol. The van der Waals surface area contributed by atoms with Gasteiger partial charge < -0.3 is 35.9 Å². The Morgan fingerprint density at radius 3 is 1.92 bits per heavy atom. The van der Waals surface area contributed by atoms with Crippen LogP contribution >= 0.6 is 11.8 Å². The largest absolute Gasteiger partial charge is 0.447 e. The summed E-state index contributed by atoms with van der Waals surface area (Å²) < 4.78 is 15.3. The molecule has 0 radical (unpaired) electrons. The summed E-state index contributed by atoms with van der Waals surface area (Å²) in [6.07, 6.45) is 1.79. The Bertz CT molecular complexity index is 705. The molecule has 1 heterocycles. The molecule has 14 nitrogen and oxygen atoms in total. The van der Waals surface area contributed by atoms with Gasteiger partial charge in [-0.3, -0.25) is 24.1 Å². The second kappa shape index (κ2) is 24.3. The highest BCUT2D eigenvalue weighted by Gasteiger charge is 2.36. The van der Waals surface area contributed by atoms with E-state index in [-0.39, 0.29) is 43.3 Å². The Labute approximate surface area is 228 Å². The normalized spacial score (nSPS) is 13.9. The number of nitrogens with zero attached hydrogens (tertiary/aromatic N) is 1. The number of thioether (sulfide) groups is 1. The van der Waals surface area contributed by atoms with Gasteiger partial charge in [0.2, 0.25) is 24.1 Å². The van der Waals surface area contributed by atoms with E-state index in [1.807, 2.05) is 20.1 Å². The van der Waals surface area contributed by atoms with Crippen molar-refractivity contribution in [1.29, 1.82) is 0 Å². The summed E-state index contributed by atoms with van der Waals surface area (Å²) in [5.74, 6) is -0.473. The number of nitrogens with one attached hydrogen (secondary N) is 3. The molecule has 5 N–H and O–H groups in total. The zero-order valence-corrected chi connectivity index (χ0v) is 23.7. The number of hydrogen-bond donors (Lipinski definition) is 4. The van der Waals surface area contributed by atoms with Crippen LogP contribution in [0.5, 0.6) is 0 Å². The molecule has 1 aliphatic rings. The van der Waals surface area contributed by atoms with E-state index in [4.69, 9.17) is 19.9 Å². The number of ether oxygens (including phenoxy) is 3. The number of carbonyl (C=O) groups excluding carboxylic acids is 6. The number of rotatable bonds is 15. The highest BCUT2D eigenvalue weighted by Crippen LogP contribution is 2.22. The highest BCUT2D eigenvalue weighted by atomic mass is 32.2. The van der Waals surface area contributed by atoms with Crippen LogP contribution in [0.3, 0.4) is 0 Å². The van der Waals surface area contributed by atoms with Crippen molar-refractivity contribution < 1.29 is 43.0 Å². The van der Waals surface area contributed by atoms with Crippen LogP contribution in [0.25, 0.3) is 0 Å². The number of amides is 6. The molecule has 0 aliphatic carbocycles. The predicted molar refractivity (Wildman–Crippen MR) is 142 cm³/mol. The molecule has 0 aromatic rings. The minimum absolute atomic E-state index is 0.0231. The molecule has 15 heteroatoms. The van der Waals surface area contributed by atoms with Gasteiger partial charge in [-0.2, -0.15) is 11.8 Å². The molecular weight excluding hydrogens is 522 g/mol. The molecule has 1 aliphatic heterocycles. The number of imide groups is 1. The molecule has 38 heavy (non-hydrogen) atoms. The molecule has 1 saturated heterocycles. The fourth-order valence-corrected chi connectivity index (χ4v) is 3.26. The molecule has 0 saturated carbocycles. The van der Waals surface area contributed by atoms with Gasteiger partial charge in [0.25, 0.3) is 0 Å². The van der Waals surface area contributed by atoms with Gasteiger partial charge in [-0.1, -0.05) is 0 Å². The Balaban J connectivity index is 0. The number of nitrogens with two attached hydrogens (primary N) is 1. The minimum Gasteiger partial charge on any atom is -0.447 e. The Morgan fingerprint density at radius 2 is 1.61 bits per heavy atom. The van der Waals surface area contributed by atoms with Crippen molar-refractivity contribution in [2.45, 2.75) is 58.3 Å². The third-order valence-corrected chi connectivity index (χ3v) is 5.39. The van der Waals surface area contributed by atoms with E-state index in [2.05, 4.69) is 16.0 Å². The molecule has 1 fully saturated rings. The molecule has 1 unspecified atom stereocenters. The Morgan fingerprint density at radius 1 is 1.05 bits per heavy atom. The lowest BCUT2D eigenvalue weighted by Gasteiger charge is -2.18. The fourth-order valence-electron chi connectivity index (χ4n) is 2.62. The average molecular weight is 566 g/mol. The zero-order chi connectivity index (χ0) is 29.3. The van der Waals surface area contributed by atoms with Gasteiger partial charge in [0.15, 0.2) is 0 Å². The van der Waals surface area contributed by atoms with Crippen molar-refractivity contribution >= 4 is 48.1 Å². The van der Waals surface area contributed by atoms with Gasteiger partial charge in [-0.15, -0.1) is 0 Å². The molecule has 1 atom stereocenters. The maximum absolute atomic E-state index is 11.3. The van der Waals surface area contributed by atoms with E-state index in [0.29, 0.717) is 38.9 Å². The highest BCUT2D eigenvalue weighted by molar-refractivity contribution is 8.00. The van der Waals surface area contributed by atoms with E-state index in [1.54, 1.807) is 13.8 Å². The van der Waals surface area contributed by atoms with Gasteiger partial charge in [-0.05, 0) is 40.4 Å². The van der Waals surface area contributed by atoms with Gasteiger partial charge in [0, 0.05) is 45.6 Å². The van der Waals surface area contributed by atoms with Crippen LogP contribution in [0.4, 0.5) is 9.59 Å². The summed E-state index contributed by atoms with van der Waals surface area (Å²) in [6.45, 7) is 9.44. The predicted octanol–water partition coefficient (Wildman–Crippen LogP) is 0.378.